The quantitative estimate of drug-likeness (QED) is 0.607. The molecule has 0 aromatic heterocycles. The predicted molar refractivity (Wildman–Crippen MR) is 127 cm³/mol. The molecule has 1 aliphatic heterocycles. The summed E-state index contributed by atoms with van der Waals surface area (Å²) < 4.78 is 32.4. The fourth-order valence-electron chi connectivity index (χ4n) is 4.11. The molecule has 0 saturated carbocycles. The zero-order chi connectivity index (χ0) is 23.3. The molecule has 1 aliphatic rings. The molecule has 1 fully saturated rings. The molecule has 1 atom stereocenters. The van der Waals surface area contributed by atoms with Gasteiger partial charge in [0.1, 0.15) is 5.75 Å². The van der Waals surface area contributed by atoms with E-state index in [0.29, 0.717) is 36.5 Å². The van der Waals surface area contributed by atoms with Crippen LogP contribution in [0.3, 0.4) is 0 Å². The Kier molecular flexibility index (Phi) is 8.20. The summed E-state index contributed by atoms with van der Waals surface area (Å²) in [4.78, 5) is 12.9. The second kappa shape index (κ2) is 10.7. The van der Waals surface area contributed by atoms with Crippen LogP contribution in [0.4, 0.5) is 0 Å². The lowest BCUT2D eigenvalue weighted by Gasteiger charge is -2.31. The third-order valence-electron chi connectivity index (χ3n) is 6.03. The molecule has 0 spiro atoms. The van der Waals surface area contributed by atoms with E-state index in [9.17, 15) is 13.2 Å². The van der Waals surface area contributed by atoms with E-state index < -0.39 is 10.0 Å². The highest BCUT2D eigenvalue weighted by Gasteiger charge is 2.32. The third kappa shape index (κ3) is 6.03. The van der Waals surface area contributed by atoms with Gasteiger partial charge in [-0.1, -0.05) is 42.8 Å². The van der Waals surface area contributed by atoms with Crippen molar-refractivity contribution in [2.24, 2.45) is 5.92 Å². The highest BCUT2D eigenvalue weighted by Crippen LogP contribution is 2.27. The minimum atomic E-state index is -3.43. The summed E-state index contributed by atoms with van der Waals surface area (Å²) in [6.07, 6.45) is 1.80. The van der Waals surface area contributed by atoms with Gasteiger partial charge in [0.15, 0.2) is 0 Å². The minimum absolute atomic E-state index is 0.0138. The molecule has 0 unspecified atom stereocenters. The first kappa shape index (κ1) is 24.6. The minimum Gasteiger partial charge on any atom is -0.496 e. The number of hydrogen-bond acceptors (Lipinski definition) is 4. The highest BCUT2D eigenvalue weighted by atomic mass is 35.5. The Morgan fingerprint density at radius 1 is 1.19 bits per heavy atom. The molecular formula is C24H31ClN2O4S. The van der Waals surface area contributed by atoms with Crippen molar-refractivity contribution in [1.29, 1.82) is 0 Å². The second-order valence-corrected chi connectivity index (χ2v) is 10.7. The van der Waals surface area contributed by atoms with Crippen molar-refractivity contribution in [1.82, 2.24) is 9.62 Å². The number of piperidine rings is 1. The number of hydrogen-bond donors (Lipinski definition) is 1. The largest absolute Gasteiger partial charge is 0.496 e. The van der Waals surface area contributed by atoms with E-state index in [1.54, 1.807) is 31.4 Å². The predicted octanol–water partition coefficient (Wildman–Crippen LogP) is 4.47. The van der Waals surface area contributed by atoms with E-state index in [1.807, 2.05) is 32.0 Å². The van der Waals surface area contributed by atoms with Crippen molar-refractivity contribution in [3.8, 4) is 5.75 Å². The number of nitrogens with one attached hydrogen (secondary N) is 1. The number of methoxy groups -OCH3 is 1. The van der Waals surface area contributed by atoms with Crippen molar-refractivity contribution in [3.05, 3.63) is 64.2 Å². The van der Waals surface area contributed by atoms with E-state index in [2.05, 4.69) is 5.32 Å². The first-order valence-electron chi connectivity index (χ1n) is 10.9. The molecule has 0 aliphatic carbocycles. The van der Waals surface area contributed by atoms with Gasteiger partial charge in [-0.05, 0) is 61.1 Å². The number of carbonyl (C=O) groups excluding carboxylic acids is 1. The lowest BCUT2D eigenvalue weighted by molar-refractivity contribution is -0.126. The topological polar surface area (TPSA) is 75.7 Å². The summed E-state index contributed by atoms with van der Waals surface area (Å²) in [7, 11) is -1.79. The fourth-order valence-corrected chi connectivity index (χ4v) is 5.80. The van der Waals surface area contributed by atoms with Gasteiger partial charge in [0, 0.05) is 24.0 Å². The highest BCUT2D eigenvalue weighted by molar-refractivity contribution is 7.88. The van der Waals surface area contributed by atoms with E-state index in [-0.39, 0.29) is 23.6 Å². The molecule has 174 valence electrons. The van der Waals surface area contributed by atoms with Gasteiger partial charge >= 0.3 is 0 Å². The first-order valence-corrected chi connectivity index (χ1v) is 12.9. The smallest absolute Gasteiger partial charge is 0.223 e. The van der Waals surface area contributed by atoms with Crippen LogP contribution in [-0.2, 0) is 20.6 Å². The number of amides is 1. The molecule has 0 radical (unpaired) electrons. The summed E-state index contributed by atoms with van der Waals surface area (Å²) >= 11 is 5.88. The molecule has 1 N–H and O–H groups in total. The molecule has 0 bridgehead atoms. The van der Waals surface area contributed by atoms with Crippen molar-refractivity contribution < 1.29 is 17.9 Å². The van der Waals surface area contributed by atoms with Crippen LogP contribution in [0.1, 0.15) is 48.9 Å². The maximum absolute atomic E-state index is 12.9. The van der Waals surface area contributed by atoms with Crippen LogP contribution in [-0.4, -0.2) is 38.8 Å². The van der Waals surface area contributed by atoms with Gasteiger partial charge in [-0.25, -0.2) is 12.7 Å². The van der Waals surface area contributed by atoms with E-state index >= 15 is 0 Å². The Bertz CT molecular complexity index is 1030. The van der Waals surface area contributed by atoms with Crippen molar-refractivity contribution in [3.63, 3.8) is 0 Å². The Hall–Kier alpha value is -2.09. The van der Waals surface area contributed by atoms with E-state index in [4.69, 9.17) is 16.3 Å². The van der Waals surface area contributed by atoms with Crippen LogP contribution in [0.15, 0.2) is 42.5 Å². The number of sulfonamides is 1. The molecule has 3 rings (SSSR count). The first-order chi connectivity index (χ1) is 15.2. The van der Waals surface area contributed by atoms with Gasteiger partial charge in [-0.2, -0.15) is 0 Å². The number of nitrogens with zero attached hydrogens (tertiary/aromatic N) is 1. The maximum Gasteiger partial charge on any atom is 0.223 e. The number of benzene rings is 2. The normalized spacial score (nSPS) is 16.5. The molecule has 32 heavy (non-hydrogen) atoms. The molecule has 1 heterocycles. The Labute approximate surface area is 196 Å². The average Bonchev–Trinajstić information content (AvgIpc) is 2.78. The van der Waals surface area contributed by atoms with Gasteiger partial charge in [0.05, 0.1) is 18.9 Å². The lowest BCUT2D eigenvalue weighted by Crippen LogP contribution is -2.44. The van der Waals surface area contributed by atoms with Crippen LogP contribution < -0.4 is 10.1 Å². The van der Waals surface area contributed by atoms with Crippen LogP contribution in [0, 0.1) is 12.8 Å². The van der Waals surface area contributed by atoms with E-state index in [1.165, 1.54) is 4.31 Å². The maximum atomic E-state index is 12.9. The fraction of sp³-hybridized carbons (Fsp3) is 0.458. The summed E-state index contributed by atoms with van der Waals surface area (Å²) in [6, 6.07) is 12.7. The molecule has 1 saturated heterocycles. The van der Waals surface area contributed by atoms with Crippen molar-refractivity contribution in [2.45, 2.75) is 44.9 Å². The standard InChI is InChI=1S/C24H31ClN2O4S/c1-4-22(20-7-10-23(31-3)17(2)15-20)26-24(28)19-11-13-27(14-12-19)32(29,30)16-18-5-8-21(25)9-6-18/h5-10,15,19,22H,4,11-14,16H2,1-3H3,(H,26,28)/t22-/m1/s1. The van der Waals surface area contributed by atoms with Crippen LogP contribution in [0.25, 0.3) is 0 Å². The average molecular weight is 479 g/mol. The zero-order valence-electron chi connectivity index (χ0n) is 18.8. The van der Waals surface area contributed by atoms with Gasteiger partial charge in [0.2, 0.25) is 15.9 Å². The Balaban J connectivity index is 1.57. The summed E-state index contributed by atoms with van der Waals surface area (Å²) in [5.41, 5.74) is 2.77. The zero-order valence-corrected chi connectivity index (χ0v) is 20.4. The molecule has 8 heteroatoms. The number of carbonyl (C=O) groups is 1. The van der Waals surface area contributed by atoms with E-state index in [0.717, 1.165) is 23.3 Å². The van der Waals surface area contributed by atoms with Gasteiger partial charge in [0.25, 0.3) is 0 Å². The van der Waals surface area contributed by atoms with Crippen LogP contribution in [0.2, 0.25) is 5.02 Å². The summed E-state index contributed by atoms with van der Waals surface area (Å²) in [5, 5.41) is 3.73. The number of ether oxygens (including phenoxy) is 1. The molecule has 2 aromatic carbocycles. The van der Waals surface area contributed by atoms with Crippen molar-refractivity contribution in [2.75, 3.05) is 20.2 Å². The molecular weight excluding hydrogens is 448 g/mol. The number of aryl methyl sites for hydroxylation is 1. The SMILES string of the molecule is CC[C@@H](NC(=O)C1CCN(S(=O)(=O)Cc2ccc(Cl)cc2)CC1)c1ccc(OC)c(C)c1. The number of rotatable bonds is 8. The van der Waals surface area contributed by atoms with Crippen LogP contribution in [0.5, 0.6) is 5.75 Å². The monoisotopic (exact) mass is 478 g/mol. The molecule has 6 nitrogen and oxygen atoms in total. The molecule has 2 aromatic rings. The van der Waals surface area contributed by atoms with Gasteiger partial charge in [-0.3, -0.25) is 4.79 Å². The van der Waals surface area contributed by atoms with Crippen LogP contribution >= 0.6 is 11.6 Å². The van der Waals surface area contributed by atoms with Crippen molar-refractivity contribution >= 4 is 27.5 Å². The van der Waals surface area contributed by atoms with Gasteiger partial charge in [-0.15, -0.1) is 0 Å². The Morgan fingerprint density at radius 3 is 2.41 bits per heavy atom. The third-order valence-corrected chi connectivity index (χ3v) is 8.13. The second-order valence-electron chi connectivity index (χ2n) is 8.25. The summed E-state index contributed by atoms with van der Waals surface area (Å²) in [5.74, 6) is 0.558. The lowest BCUT2D eigenvalue weighted by atomic mass is 9.95. The summed E-state index contributed by atoms with van der Waals surface area (Å²) in [6.45, 7) is 4.73. The number of halogens is 1. The van der Waals surface area contributed by atoms with Gasteiger partial charge < -0.3 is 10.1 Å². The Morgan fingerprint density at radius 2 is 1.84 bits per heavy atom. The molecule has 1 amide bonds.